The molecule has 0 fully saturated rings. The van der Waals surface area contributed by atoms with Crippen molar-refractivity contribution in [3.8, 4) is 5.75 Å². The monoisotopic (exact) mass is 250 g/mol. The van der Waals surface area contributed by atoms with Gasteiger partial charge < -0.3 is 4.74 Å². The minimum absolute atomic E-state index is 0.195. The maximum atomic E-state index is 11.8. The highest BCUT2D eigenvalue weighted by Crippen LogP contribution is 2.19. The highest BCUT2D eigenvalue weighted by molar-refractivity contribution is 6.19. The van der Waals surface area contributed by atoms with E-state index in [1.807, 2.05) is 0 Å². The van der Waals surface area contributed by atoms with Crippen LogP contribution in [0.5, 0.6) is 5.75 Å². The summed E-state index contributed by atoms with van der Waals surface area (Å²) < 4.78 is 40.1. The van der Waals surface area contributed by atoms with Crippen molar-refractivity contribution < 1.29 is 17.9 Å². The lowest BCUT2D eigenvalue weighted by Gasteiger charge is -2.08. The van der Waals surface area contributed by atoms with Crippen LogP contribution in [0.4, 0.5) is 13.2 Å². The molecule has 0 radical (unpaired) electrons. The molecule has 1 aromatic rings. The van der Waals surface area contributed by atoms with Gasteiger partial charge in [-0.1, -0.05) is 24.3 Å². The van der Waals surface area contributed by atoms with Gasteiger partial charge in [-0.2, -0.15) is 13.2 Å². The molecule has 1 rings (SSSR count). The van der Waals surface area contributed by atoms with Crippen LogP contribution >= 0.6 is 11.6 Å². The molecule has 0 aromatic heterocycles. The molecule has 0 aliphatic carbocycles. The largest absolute Gasteiger partial charge is 0.484 e. The Morgan fingerprint density at radius 2 is 1.81 bits per heavy atom. The van der Waals surface area contributed by atoms with Crippen molar-refractivity contribution in [1.82, 2.24) is 0 Å². The molecule has 0 atom stereocenters. The summed E-state index contributed by atoms with van der Waals surface area (Å²) in [6.45, 7) is -1.27. The van der Waals surface area contributed by atoms with Crippen LogP contribution in [-0.4, -0.2) is 18.7 Å². The summed E-state index contributed by atoms with van der Waals surface area (Å²) in [7, 11) is 0. The fourth-order valence-electron chi connectivity index (χ4n) is 1.02. The molecule has 0 saturated heterocycles. The fraction of sp³-hybridized carbons (Fsp3) is 0.273. The van der Waals surface area contributed by atoms with E-state index in [0.717, 1.165) is 5.56 Å². The maximum Gasteiger partial charge on any atom is 0.422 e. The minimum atomic E-state index is -4.31. The Hall–Kier alpha value is -1.16. The van der Waals surface area contributed by atoms with Gasteiger partial charge >= 0.3 is 6.18 Å². The zero-order valence-corrected chi connectivity index (χ0v) is 9.05. The predicted molar refractivity (Wildman–Crippen MR) is 57.7 cm³/mol. The third-order valence-electron chi connectivity index (χ3n) is 1.68. The Morgan fingerprint density at radius 3 is 2.31 bits per heavy atom. The van der Waals surface area contributed by atoms with Crippen molar-refractivity contribution >= 4 is 17.7 Å². The van der Waals surface area contributed by atoms with Gasteiger partial charge in [0.25, 0.3) is 0 Å². The highest BCUT2D eigenvalue weighted by atomic mass is 35.5. The molecule has 16 heavy (non-hydrogen) atoms. The Kier molecular flexibility index (Phi) is 4.68. The zero-order valence-electron chi connectivity index (χ0n) is 8.30. The van der Waals surface area contributed by atoms with Crippen molar-refractivity contribution in [3.63, 3.8) is 0 Å². The molecule has 0 bridgehead atoms. The summed E-state index contributed by atoms with van der Waals surface area (Å²) in [5.41, 5.74) is 0.861. The first-order valence-electron chi connectivity index (χ1n) is 4.53. The van der Waals surface area contributed by atoms with E-state index in [1.165, 1.54) is 12.1 Å². The van der Waals surface area contributed by atoms with Crippen LogP contribution in [0.2, 0.25) is 0 Å². The topological polar surface area (TPSA) is 9.23 Å². The van der Waals surface area contributed by atoms with Gasteiger partial charge in [-0.3, -0.25) is 0 Å². The Labute approximate surface area is 96.5 Å². The molecule has 0 heterocycles. The van der Waals surface area contributed by atoms with Crippen LogP contribution < -0.4 is 4.74 Å². The van der Waals surface area contributed by atoms with Crippen molar-refractivity contribution in [1.29, 1.82) is 0 Å². The van der Waals surface area contributed by atoms with E-state index in [4.69, 9.17) is 11.6 Å². The fourth-order valence-corrected chi connectivity index (χ4v) is 1.11. The van der Waals surface area contributed by atoms with Crippen molar-refractivity contribution in [3.05, 3.63) is 35.9 Å². The molecule has 0 unspecified atom stereocenters. The third kappa shape index (κ3) is 5.07. The lowest BCUT2D eigenvalue weighted by molar-refractivity contribution is -0.153. The molecule has 0 aliphatic heterocycles. The first-order chi connectivity index (χ1) is 7.51. The van der Waals surface area contributed by atoms with Crippen LogP contribution in [-0.2, 0) is 0 Å². The first-order valence-corrected chi connectivity index (χ1v) is 5.07. The summed E-state index contributed by atoms with van der Waals surface area (Å²) in [5, 5.41) is 0. The number of hydrogen-bond acceptors (Lipinski definition) is 1. The molecule has 0 amide bonds. The average molecular weight is 251 g/mol. The quantitative estimate of drug-likeness (QED) is 0.737. The number of hydrogen-bond donors (Lipinski definition) is 0. The lowest BCUT2D eigenvalue weighted by Crippen LogP contribution is -2.19. The maximum absolute atomic E-state index is 11.8. The normalized spacial score (nSPS) is 12.0. The van der Waals surface area contributed by atoms with Gasteiger partial charge in [0.05, 0.1) is 0 Å². The van der Waals surface area contributed by atoms with E-state index in [2.05, 4.69) is 4.74 Å². The number of halogens is 4. The smallest absolute Gasteiger partial charge is 0.422 e. The molecule has 88 valence electrons. The van der Waals surface area contributed by atoms with Crippen LogP contribution in [0.25, 0.3) is 6.08 Å². The molecular weight excluding hydrogens is 241 g/mol. The van der Waals surface area contributed by atoms with E-state index >= 15 is 0 Å². The van der Waals surface area contributed by atoms with E-state index in [-0.39, 0.29) is 5.75 Å². The summed E-state index contributed by atoms with van der Waals surface area (Å²) in [5.74, 6) is 0.590. The van der Waals surface area contributed by atoms with Gasteiger partial charge in [0.1, 0.15) is 5.75 Å². The molecule has 0 aliphatic rings. The van der Waals surface area contributed by atoms with E-state index < -0.39 is 12.8 Å². The molecule has 0 N–H and O–H groups in total. The minimum Gasteiger partial charge on any atom is -0.484 e. The molecule has 0 saturated carbocycles. The molecule has 0 spiro atoms. The van der Waals surface area contributed by atoms with Crippen molar-refractivity contribution in [2.45, 2.75) is 6.18 Å². The van der Waals surface area contributed by atoms with Crippen molar-refractivity contribution in [2.24, 2.45) is 0 Å². The van der Waals surface area contributed by atoms with Crippen LogP contribution in [0.15, 0.2) is 30.3 Å². The lowest BCUT2D eigenvalue weighted by atomic mass is 10.2. The summed E-state index contributed by atoms with van der Waals surface area (Å²) in [6.07, 6.45) is -0.787. The van der Waals surface area contributed by atoms with Gasteiger partial charge in [-0.05, 0) is 17.7 Å². The number of alkyl halides is 4. The molecule has 1 aromatic carbocycles. The predicted octanol–water partition coefficient (Wildman–Crippen LogP) is 3.88. The first kappa shape index (κ1) is 12.9. The summed E-state index contributed by atoms with van der Waals surface area (Å²) in [6, 6.07) is 6.29. The van der Waals surface area contributed by atoms with Crippen molar-refractivity contribution in [2.75, 3.05) is 12.5 Å². The number of allylic oxidation sites excluding steroid dienone is 1. The van der Waals surface area contributed by atoms with Crippen LogP contribution in [0.3, 0.4) is 0 Å². The summed E-state index contributed by atoms with van der Waals surface area (Å²) in [4.78, 5) is 0. The van der Waals surface area contributed by atoms with E-state index in [1.54, 1.807) is 24.3 Å². The highest BCUT2D eigenvalue weighted by Gasteiger charge is 2.28. The van der Waals surface area contributed by atoms with Gasteiger partial charge in [0, 0.05) is 5.88 Å². The molecule has 1 nitrogen and oxygen atoms in total. The molecular formula is C11H10ClF3O. The van der Waals surface area contributed by atoms with Crippen LogP contribution in [0, 0.1) is 0 Å². The Balaban J connectivity index is 2.55. The van der Waals surface area contributed by atoms with Gasteiger partial charge in [-0.15, -0.1) is 11.6 Å². The van der Waals surface area contributed by atoms with E-state index in [0.29, 0.717) is 5.88 Å². The SMILES string of the molecule is FC(F)(F)COc1ccc(C=CCCl)cc1. The van der Waals surface area contributed by atoms with Crippen LogP contribution in [0.1, 0.15) is 5.56 Å². The zero-order chi connectivity index (χ0) is 12.0. The average Bonchev–Trinajstić information content (AvgIpc) is 2.24. The Morgan fingerprint density at radius 1 is 1.19 bits per heavy atom. The second kappa shape index (κ2) is 5.80. The second-order valence-electron chi connectivity index (χ2n) is 3.03. The number of benzene rings is 1. The standard InChI is InChI=1S/C11H10ClF3O/c12-7-1-2-9-3-5-10(6-4-9)16-8-11(13,14)15/h1-6H,7-8H2. The van der Waals surface area contributed by atoms with E-state index in [9.17, 15) is 13.2 Å². The van der Waals surface area contributed by atoms with Gasteiger partial charge in [0.2, 0.25) is 0 Å². The Bertz CT molecular complexity index is 343. The van der Waals surface area contributed by atoms with Gasteiger partial charge in [0.15, 0.2) is 6.61 Å². The number of ether oxygens (including phenoxy) is 1. The van der Waals surface area contributed by atoms with Gasteiger partial charge in [-0.25, -0.2) is 0 Å². The third-order valence-corrected chi connectivity index (χ3v) is 1.86. The second-order valence-corrected chi connectivity index (χ2v) is 3.34. The summed E-state index contributed by atoms with van der Waals surface area (Å²) >= 11 is 5.45. The molecule has 5 heteroatoms. The number of rotatable bonds is 4.